The first kappa shape index (κ1) is 20.2. The Bertz CT molecular complexity index is 596. The Balaban J connectivity index is 1.89. The van der Waals surface area contributed by atoms with E-state index in [0.717, 1.165) is 25.9 Å². The number of benzene rings is 1. The van der Waals surface area contributed by atoms with Crippen LogP contribution < -0.4 is 10.1 Å². The summed E-state index contributed by atoms with van der Waals surface area (Å²) in [6.07, 6.45) is 1.82. The average Bonchev–Trinajstić information content (AvgIpc) is 2.64. The Morgan fingerprint density at radius 1 is 1.12 bits per heavy atom. The van der Waals surface area contributed by atoms with Crippen LogP contribution in [-0.4, -0.2) is 58.7 Å². The number of piperidine rings is 1. The largest absolute Gasteiger partial charge is 0.491 e. The topological polar surface area (TPSA) is 67.9 Å². The van der Waals surface area contributed by atoms with Crippen molar-refractivity contribution in [2.24, 2.45) is 5.92 Å². The van der Waals surface area contributed by atoms with Crippen LogP contribution in [-0.2, 0) is 14.8 Å². The van der Waals surface area contributed by atoms with Crippen LogP contribution in [0, 0.1) is 5.92 Å². The zero-order valence-corrected chi connectivity index (χ0v) is 16.1. The summed E-state index contributed by atoms with van der Waals surface area (Å²) in [5, 5.41) is 3.34. The van der Waals surface area contributed by atoms with Crippen molar-refractivity contribution in [1.82, 2.24) is 9.62 Å². The minimum Gasteiger partial charge on any atom is -0.491 e. The van der Waals surface area contributed by atoms with Gasteiger partial charge in [-0.25, -0.2) is 8.42 Å². The van der Waals surface area contributed by atoms with Gasteiger partial charge in [-0.1, -0.05) is 6.92 Å². The van der Waals surface area contributed by atoms with Gasteiger partial charge in [-0.15, -0.1) is 0 Å². The van der Waals surface area contributed by atoms with E-state index < -0.39 is 10.0 Å². The SMILES string of the molecule is CCNCC1CCN(S(=O)(=O)c2ccc(OCCOCC)cc2)CC1. The van der Waals surface area contributed by atoms with E-state index >= 15 is 0 Å². The molecule has 2 rings (SSSR count). The second kappa shape index (κ2) is 10.1. The lowest BCUT2D eigenvalue weighted by atomic mass is 9.98. The molecule has 1 N–H and O–H groups in total. The van der Waals surface area contributed by atoms with Gasteiger partial charge in [0.15, 0.2) is 0 Å². The summed E-state index contributed by atoms with van der Waals surface area (Å²) < 4.78 is 37.9. The molecule has 1 aromatic carbocycles. The second-order valence-corrected chi connectivity index (χ2v) is 8.11. The Labute approximate surface area is 151 Å². The molecule has 0 amide bonds. The monoisotopic (exact) mass is 370 g/mol. The predicted octanol–water partition coefficient (Wildman–Crippen LogP) is 2.11. The summed E-state index contributed by atoms with van der Waals surface area (Å²) in [6, 6.07) is 6.65. The lowest BCUT2D eigenvalue weighted by molar-refractivity contribution is 0.110. The zero-order valence-electron chi connectivity index (χ0n) is 15.2. The molecule has 1 aliphatic heterocycles. The van der Waals surface area contributed by atoms with Gasteiger partial charge in [0.05, 0.1) is 11.5 Å². The van der Waals surface area contributed by atoms with Gasteiger partial charge < -0.3 is 14.8 Å². The zero-order chi connectivity index (χ0) is 18.1. The van der Waals surface area contributed by atoms with Crippen LogP contribution in [0.5, 0.6) is 5.75 Å². The Morgan fingerprint density at radius 2 is 1.80 bits per heavy atom. The number of sulfonamides is 1. The molecular formula is C18H30N2O4S. The third-order valence-electron chi connectivity index (χ3n) is 4.42. The van der Waals surface area contributed by atoms with Gasteiger partial charge >= 0.3 is 0 Å². The molecule has 7 heteroatoms. The molecule has 0 saturated carbocycles. The third kappa shape index (κ3) is 5.95. The van der Waals surface area contributed by atoms with E-state index in [4.69, 9.17) is 9.47 Å². The maximum Gasteiger partial charge on any atom is 0.243 e. The van der Waals surface area contributed by atoms with Gasteiger partial charge in [0.1, 0.15) is 12.4 Å². The lowest BCUT2D eigenvalue weighted by Crippen LogP contribution is -2.40. The van der Waals surface area contributed by atoms with Crippen LogP contribution >= 0.6 is 0 Å². The summed E-state index contributed by atoms with van der Waals surface area (Å²) in [5.41, 5.74) is 0. The normalized spacial score (nSPS) is 16.9. The van der Waals surface area contributed by atoms with E-state index in [1.807, 2.05) is 6.92 Å². The highest BCUT2D eigenvalue weighted by atomic mass is 32.2. The highest BCUT2D eigenvalue weighted by Gasteiger charge is 2.29. The maximum atomic E-state index is 12.8. The van der Waals surface area contributed by atoms with Gasteiger partial charge in [0, 0.05) is 19.7 Å². The number of nitrogens with one attached hydrogen (secondary N) is 1. The average molecular weight is 371 g/mol. The molecule has 1 fully saturated rings. The predicted molar refractivity (Wildman–Crippen MR) is 98.5 cm³/mol. The van der Waals surface area contributed by atoms with Crippen LogP contribution in [0.15, 0.2) is 29.2 Å². The number of hydrogen-bond donors (Lipinski definition) is 1. The van der Waals surface area contributed by atoms with E-state index in [9.17, 15) is 8.42 Å². The van der Waals surface area contributed by atoms with E-state index in [1.54, 1.807) is 28.6 Å². The number of rotatable bonds is 10. The van der Waals surface area contributed by atoms with E-state index in [2.05, 4.69) is 12.2 Å². The summed E-state index contributed by atoms with van der Waals surface area (Å²) in [5.74, 6) is 1.22. The summed E-state index contributed by atoms with van der Waals surface area (Å²) in [7, 11) is -3.42. The van der Waals surface area contributed by atoms with Crippen molar-refractivity contribution in [3.8, 4) is 5.75 Å². The van der Waals surface area contributed by atoms with Crippen LogP contribution in [0.3, 0.4) is 0 Å². The molecule has 1 heterocycles. The van der Waals surface area contributed by atoms with Crippen molar-refractivity contribution in [3.63, 3.8) is 0 Å². The first-order chi connectivity index (χ1) is 12.1. The van der Waals surface area contributed by atoms with Gasteiger partial charge in [0.25, 0.3) is 0 Å². The summed E-state index contributed by atoms with van der Waals surface area (Å²) in [6.45, 7) is 8.77. The van der Waals surface area contributed by atoms with Crippen molar-refractivity contribution in [1.29, 1.82) is 0 Å². The lowest BCUT2D eigenvalue weighted by Gasteiger charge is -2.31. The molecule has 0 radical (unpaired) electrons. The maximum absolute atomic E-state index is 12.8. The Kier molecular flexibility index (Phi) is 8.15. The molecule has 1 aromatic rings. The smallest absolute Gasteiger partial charge is 0.243 e. The fraction of sp³-hybridized carbons (Fsp3) is 0.667. The summed E-state index contributed by atoms with van der Waals surface area (Å²) in [4.78, 5) is 0.329. The van der Waals surface area contributed by atoms with Gasteiger partial charge in [-0.05, 0) is 63.0 Å². The molecule has 0 unspecified atom stereocenters. The molecule has 0 atom stereocenters. The van der Waals surface area contributed by atoms with Crippen LogP contribution in [0.2, 0.25) is 0 Å². The second-order valence-electron chi connectivity index (χ2n) is 6.17. The first-order valence-electron chi connectivity index (χ1n) is 9.09. The molecule has 0 aromatic heterocycles. The van der Waals surface area contributed by atoms with Crippen LogP contribution in [0.1, 0.15) is 26.7 Å². The Hall–Kier alpha value is -1.15. The molecular weight excluding hydrogens is 340 g/mol. The molecule has 142 valence electrons. The van der Waals surface area contributed by atoms with Crippen molar-refractivity contribution in [2.45, 2.75) is 31.6 Å². The van der Waals surface area contributed by atoms with Crippen LogP contribution in [0.25, 0.3) is 0 Å². The first-order valence-corrected chi connectivity index (χ1v) is 10.5. The van der Waals surface area contributed by atoms with Crippen LogP contribution in [0.4, 0.5) is 0 Å². The Morgan fingerprint density at radius 3 is 2.40 bits per heavy atom. The molecule has 0 aliphatic carbocycles. The molecule has 0 bridgehead atoms. The molecule has 1 saturated heterocycles. The fourth-order valence-corrected chi connectivity index (χ4v) is 4.39. The number of hydrogen-bond acceptors (Lipinski definition) is 5. The molecule has 0 spiro atoms. The quantitative estimate of drug-likeness (QED) is 0.639. The van der Waals surface area contributed by atoms with Crippen molar-refractivity contribution >= 4 is 10.0 Å². The molecule has 6 nitrogen and oxygen atoms in total. The van der Waals surface area contributed by atoms with Crippen molar-refractivity contribution < 1.29 is 17.9 Å². The van der Waals surface area contributed by atoms with Crippen molar-refractivity contribution in [2.75, 3.05) is 46.0 Å². The number of ether oxygens (including phenoxy) is 2. The standard InChI is InChI=1S/C18H30N2O4S/c1-3-19-15-16-9-11-20(12-10-16)25(21,22)18-7-5-17(6-8-18)24-14-13-23-4-2/h5-8,16,19H,3-4,9-15H2,1-2H3. The highest BCUT2D eigenvalue weighted by Crippen LogP contribution is 2.24. The van der Waals surface area contributed by atoms with Gasteiger partial charge in [-0.3, -0.25) is 0 Å². The van der Waals surface area contributed by atoms with E-state index in [0.29, 0.717) is 49.5 Å². The van der Waals surface area contributed by atoms with Crippen molar-refractivity contribution in [3.05, 3.63) is 24.3 Å². The third-order valence-corrected chi connectivity index (χ3v) is 6.33. The van der Waals surface area contributed by atoms with Gasteiger partial charge in [0.2, 0.25) is 10.0 Å². The fourth-order valence-electron chi connectivity index (χ4n) is 2.92. The minimum atomic E-state index is -3.42. The molecule has 25 heavy (non-hydrogen) atoms. The van der Waals surface area contributed by atoms with E-state index in [1.165, 1.54) is 0 Å². The minimum absolute atomic E-state index is 0.329. The van der Waals surface area contributed by atoms with E-state index in [-0.39, 0.29) is 0 Å². The van der Waals surface area contributed by atoms with Gasteiger partial charge in [-0.2, -0.15) is 4.31 Å². The highest BCUT2D eigenvalue weighted by molar-refractivity contribution is 7.89. The molecule has 1 aliphatic rings. The summed E-state index contributed by atoms with van der Waals surface area (Å²) >= 11 is 0. The number of nitrogens with zero attached hydrogens (tertiary/aromatic N) is 1.